The Morgan fingerprint density at radius 2 is 1.43 bits per heavy atom. The molecule has 0 atom stereocenters. The van der Waals surface area contributed by atoms with Crippen LogP contribution in [-0.2, 0) is 4.79 Å². The first-order valence-electron chi connectivity index (χ1n) is 7.75. The van der Waals surface area contributed by atoms with Crippen LogP contribution >= 0.6 is 11.6 Å². The highest BCUT2D eigenvalue weighted by Crippen LogP contribution is 2.23. The van der Waals surface area contributed by atoms with Gasteiger partial charge < -0.3 is 15.1 Å². The molecular weight excluding hydrogens is 310 g/mol. The first-order valence-corrected chi connectivity index (χ1v) is 8.13. The van der Waals surface area contributed by atoms with Crippen LogP contribution in [0.2, 0.25) is 5.02 Å². The zero-order valence-electron chi connectivity index (χ0n) is 13.1. The van der Waals surface area contributed by atoms with Crippen LogP contribution in [-0.4, -0.2) is 37.0 Å². The number of hydrogen-bond donors (Lipinski definition) is 1. The van der Waals surface area contributed by atoms with E-state index in [0.29, 0.717) is 0 Å². The van der Waals surface area contributed by atoms with Crippen LogP contribution in [0, 0.1) is 0 Å². The van der Waals surface area contributed by atoms with Crippen molar-refractivity contribution in [2.24, 2.45) is 0 Å². The van der Waals surface area contributed by atoms with Gasteiger partial charge >= 0.3 is 0 Å². The molecule has 1 amide bonds. The number of rotatable bonds is 3. The normalized spacial score (nSPS) is 14.7. The lowest BCUT2D eigenvalue weighted by atomic mass is 10.2. The van der Waals surface area contributed by atoms with Crippen LogP contribution in [0.3, 0.4) is 0 Å². The maximum absolute atomic E-state index is 11.4. The number of anilines is 3. The summed E-state index contributed by atoms with van der Waals surface area (Å²) in [6.45, 7) is 4.97. The fourth-order valence-electron chi connectivity index (χ4n) is 2.74. The molecule has 0 aromatic heterocycles. The van der Waals surface area contributed by atoms with Gasteiger partial charge in [-0.2, -0.15) is 0 Å². The van der Waals surface area contributed by atoms with Crippen molar-refractivity contribution < 1.29 is 4.79 Å². The van der Waals surface area contributed by atoms with Gasteiger partial charge in [0.2, 0.25) is 5.91 Å². The average molecular weight is 330 g/mol. The smallest absolute Gasteiger partial charge is 0.219 e. The van der Waals surface area contributed by atoms with Gasteiger partial charge in [0.25, 0.3) is 0 Å². The van der Waals surface area contributed by atoms with Crippen LogP contribution in [0.15, 0.2) is 48.5 Å². The molecule has 0 unspecified atom stereocenters. The molecule has 3 rings (SSSR count). The standard InChI is InChI=1S/C18H20ClN3O/c1-14(23)21-10-12-22(13-11-21)18-8-6-17(7-9-18)20-16-4-2-15(19)3-5-16/h2-9,20H,10-13H2,1H3. The Balaban J connectivity index is 1.61. The molecule has 4 nitrogen and oxygen atoms in total. The van der Waals surface area contributed by atoms with Crippen molar-refractivity contribution in [2.75, 3.05) is 36.4 Å². The Kier molecular flexibility index (Phi) is 4.72. The van der Waals surface area contributed by atoms with Crippen molar-refractivity contribution in [1.82, 2.24) is 4.90 Å². The molecule has 2 aromatic rings. The van der Waals surface area contributed by atoms with Crippen molar-refractivity contribution in [3.8, 4) is 0 Å². The van der Waals surface area contributed by atoms with Gasteiger partial charge in [0.1, 0.15) is 0 Å². The molecular formula is C18H20ClN3O. The summed E-state index contributed by atoms with van der Waals surface area (Å²) in [4.78, 5) is 15.6. The molecule has 1 N–H and O–H groups in total. The Labute approximate surface area is 141 Å². The minimum atomic E-state index is 0.159. The molecule has 1 heterocycles. The molecule has 0 bridgehead atoms. The third-order valence-electron chi connectivity index (χ3n) is 4.09. The maximum atomic E-state index is 11.4. The van der Waals surface area contributed by atoms with Crippen molar-refractivity contribution in [1.29, 1.82) is 0 Å². The van der Waals surface area contributed by atoms with E-state index in [9.17, 15) is 4.79 Å². The summed E-state index contributed by atoms with van der Waals surface area (Å²) < 4.78 is 0. The van der Waals surface area contributed by atoms with E-state index in [1.54, 1.807) is 6.92 Å². The second-order valence-corrected chi connectivity index (χ2v) is 6.11. The van der Waals surface area contributed by atoms with Crippen molar-refractivity contribution in [3.63, 3.8) is 0 Å². The number of nitrogens with zero attached hydrogens (tertiary/aromatic N) is 2. The molecule has 0 spiro atoms. The van der Waals surface area contributed by atoms with Crippen LogP contribution in [0.1, 0.15) is 6.92 Å². The first kappa shape index (κ1) is 15.7. The Morgan fingerprint density at radius 3 is 1.96 bits per heavy atom. The Hall–Kier alpha value is -2.20. The number of benzene rings is 2. The van der Waals surface area contributed by atoms with E-state index in [-0.39, 0.29) is 5.91 Å². The quantitative estimate of drug-likeness (QED) is 0.931. The number of halogens is 1. The van der Waals surface area contributed by atoms with Crippen molar-refractivity contribution in [2.45, 2.75) is 6.92 Å². The fourth-order valence-corrected chi connectivity index (χ4v) is 2.86. The number of carbonyl (C=O) groups is 1. The highest BCUT2D eigenvalue weighted by Gasteiger charge is 2.18. The number of nitrogens with one attached hydrogen (secondary N) is 1. The summed E-state index contributed by atoms with van der Waals surface area (Å²) in [6.07, 6.45) is 0. The van der Waals surface area contributed by atoms with Gasteiger partial charge in [0, 0.05) is 55.2 Å². The van der Waals surface area contributed by atoms with E-state index in [4.69, 9.17) is 11.6 Å². The predicted octanol–water partition coefficient (Wildman–Crippen LogP) is 3.75. The lowest BCUT2D eigenvalue weighted by molar-refractivity contribution is -0.129. The first-order chi connectivity index (χ1) is 11.1. The summed E-state index contributed by atoms with van der Waals surface area (Å²) in [5.41, 5.74) is 3.24. The zero-order chi connectivity index (χ0) is 16.2. The highest BCUT2D eigenvalue weighted by molar-refractivity contribution is 6.30. The number of piperazine rings is 1. The summed E-state index contributed by atoms with van der Waals surface area (Å²) in [6, 6.07) is 16.0. The molecule has 0 aliphatic carbocycles. The molecule has 1 saturated heterocycles. The lowest BCUT2D eigenvalue weighted by Gasteiger charge is -2.35. The molecule has 23 heavy (non-hydrogen) atoms. The SMILES string of the molecule is CC(=O)N1CCN(c2ccc(Nc3ccc(Cl)cc3)cc2)CC1. The number of hydrogen-bond acceptors (Lipinski definition) is 3. The van der Waals surface area contributed by atoms with Crippen molar-refractivity contribution >= 4 is 34.6 Å². The predicted molar refractivity (Wildman–Crippen MR) is 95.6 cm³/mol. The van der Waals surface area contributed by atoms with Gasteiger partial charge in [-0.05, 0) is 48.5 Å². The molecule has 120 valence electrons. The van der Waals surface area contributed by atoms with Crippen molar-refractivity contribution in [3.05, 3.63) is 53.6 Å². The number of carbonyl (C=O) groups excluding carboxylic acids is 1. The van der Waals surface area contributed by atoms with Gasteiger partial charge in [0.05, 0.1) is 0 Å². The van der Waals surface area contributed by atoms with Gasteiger partial charge in [-0.15, -0.1) is 0 Å². The Bertz CT molecular complexity index is 662. The maximum Gasteiger partial charge on any atom is 0.219 e. The molecule has 0 radical (unpaired) electrons. The molecule has 1 aliphatic rings. The zero-order valence-corrected chi connectivity index (χ0v) is 13.9. The van der Waals surface area contributed by atoms with E-state index >= 15 is 0 Å². The monoisotopic (exact) mass is 329 g/mol. The lowest BCUT2D eigenvalue weighted by Crippen LogP contribution is -2.48. The van der Waals surface area contributed by atoms with Gasteiger partial charge in [-0.3, -0.25) is 4.79 Å². The summed E-state index contributed by atoms with van der Waals surface area (Å²) in [5, 5.41) is 4.09. The summed E-state index contributed by atoms with van der Waals surface area (Å²) in [5.74, 6) is 0.159. The average Bonchev–Trinajstić information content (AvgIpc) is 2.58. The molecule has 1 fully saturated rings. The van der Waals surface area contributed by atoms with Gasteiger partial charge in [0.15, 0.2) is 0 Å². The molecule has 1 aliphatic heterocycles. The molecule has 0 saturated carbocycles. The Morgan fingerprint density at radius 1 is 0.913 bits per heavy atom. The second kappa shape index (κ2) is 6.92. The van der Waals surface area contributed by atoms with Crippen LogP contribution < -0.4 is 10.2 Å². The third-order valence-corrected chi connectivity index (χ3v) is 4.34. The van der Waals surface area contributed by atoms with E-state index in [1.165, 1.54) is 5.69 Å². The number of amides is 1. The minimum absolute atomic E-state index is 0.159. The van der Waals surface area contributed by atoms with E-state index in [0.717, 1.165) is 42.6 Å². The largest absolute Gasteiger partial charge is 0.368 e. The second-order valence-electron chi connectivity index (χ2n) is 5.67. The third kappa shape index (κ3) is 3.96. The molecule has 2 aromatic carbocycles. The van der Waals surface area contributed by atoms with E-state index < -0.39 is 0 Å². The van der Waals surface area contributed by atoms with Gasteiger partial charge in [-0.1, -0.05) is 11.6 Å². The summed E-state index contributed by atoms with van der Waals surface area (Å²) >= 11 is 5.89. The van der Waals surface area contributed by atoms with Crippen LogP contribution in [0.5, 0.6) is 0 Å². The fraction of sp³-hybridized carbons (Fsp3) is 0.278. The van der Waals surface area contributed by atoms with Crippen LogP contribution in [0.4, 0.5) is 17.1 Å². The van der Waals surface area contributed by atoms with Crippen LogP contribution in [0.25, 0.3) is 0 Å². The topological polar surface area (TPSA) is 35.6 Å². The van der Waals surface area contributed by atoms with Gasteiger partial charge in [-0.25, -0.2) is 0 Å². The molecule has 5 heteroatoms. The highest BCUT2D eigenvalue weighted by atomic mass is 35.5. The summed E-state index contributed by atoms with van der Waals surface area (Å²) in [7, 11) is 0. The van der Waals surface area contributed by atoms with E-state index in [1.807, 2.05) is 29.2 Å². The minimum Gasteiger partial charge on any atom is -0.368 e. The van der Waals surface area contributed by atoms with E-state index in [2.05, 4.69) is 34.5 Å².